The van der Waals surface area contributed by atoms with Crippen molar-refractivity contribution < 1.29 is 8.42 Å². The van der Waals surface area contributed by atoms with Gasteiger partial charge in [-0.3, -0.25) is 4.90 Å². The van der Waals surface area contributed by atoms with E-state index in [2.05, 4.69) is 25.3 Å². The van der Waals surface area contributed by atoms with Gasteiger partial charge in [0.05, 0.1) is 5.25 Å². The number of hydrogen-bond donors (Lipinski definition) is 1. The summed E-state index contributed by atoms with van der Waals surface area (Å²) >= 11 is 0. The number of piperazine rings is 1. The summed E-state index contributed by atoms with van der Waals surface area (Å²) in [6.07, 6.45) is 1.49. The van der Waals surface area contributed by atoms with E-state index >= 15 is 0 Å². The van der Waals surface area contributed by atoms with Crippen molar-refractivity contribution >= 4 is 21.6 Å². The maximum Gasteiger partial charge on any atom is 0.254 e. The quantitative estimate of drug-likeness (QED) is 0.779. The van der Waals surface area contributed by atoms with Gasteiger partial charge in [0, 0.05) is 51.0 Å². The zero-order chi connectivity index (χ0) is 18.0. The lowest BCUT2D eigenvalue weighted by Gasteiger charge is -2.34. The Morgan fingerprint density at radius 3 is 2.64 bits per heavy atom. The van der Waals surface area contributed by atoms with Crippen molar-refractivity contribution in [1.29, 1.82) is 0 Å². The molecule has 0 amide bonds. The molecule has 2 aromatic heterocycles. The zero-order valence-electron chi connectivity index (χ0n) is 14.9. The standard InChI is InChI=1S/C15H25N7O2S/c1-12(2)25(23,24)21-8-6-20(7-9-21)5-4-16-14-10-13(3)19-15-17-11-18-22(14)15/h10-12,16H,4-9H2,1-3H3. The molecule has 0 radical (unpaired) electrons. The zero-order valence-corrected chi connectivity index (χ0v) is 15.7. The summed E-state index contributed by atoms with van der Waals surface area (Å²) in [5, 5.41) is 7.18. The Morgan fingerprint density at radius 1 is 1.24 bits per heavy atom. The van der Waals surface area contributed by atoms with Gasteiger partial charge in [-0.2, -0.15) is 18.9 Å². The highest BCUT2D eigenvalue weighted by Gasteiger charge is 2.28. The van der Waals surface area contributed by atoms with Crippen LogP contribution in [-0.2, 0) is 10.0 Å². The average molecular weight is 367 g/mol. The summed E-state index contributed by atoms with van der Waals surface area (Å²) in [4.78, 5) is 10.7. The minimum absolute atomic E-state index is 0.360. The fourth-order valence-electron chi connectivity index (χ4n) is 2.90. The molecule has 0 unspecified atom stereocenters. The molecule has 0 aromatic carbocycles. The predicted octanol–water partition coefficient (Wildman–Crippen LogP) is 0.200. The molecular weight excluding hydrogens is 342 g/mol. The summed E-state index contributed by atoms with van der Waals surface area (Å²) < 4.78 is 27.7. The van der Waals surface area contributed by atoms with Crippen LogP contribution in [0.4, 0.5) is 5.82 Å². The van der Waals surface area contributed by atoms with Gasteiger partial charge in [0.25, 0.3) is 5.78 Å². The summed E-state index contributed by atoms with van der Waals surface area (Å²) in [6, 6.07) is 1.94. The van der Waals surface area contributed by atoms with Gasteiger partial charge in [0.15, 0.2) is 0 Å². The minimum atomic E-state index is -3.14. The van der Waals surface area contributed by atoms with Crippen LogP contribution < -0.4 is 5.32 Å². The third kappa shape index (κ3) is 3.91. The van der Waals surface area contributed by atoms with Crippen LogP contribution >= 0.6 is 0 Å². The molecule has 3 heterocycles. The number of aryl methyl sites for hydroxylation is 1. The second kappa shape index (κ2) is 7.22. The molecule has 0 bridgehead atoms. The summed E-state index contributed by atoms with van der Waals surface area (Å²) in [5.74, 6) is 1.44. The van der Waals surface area contributed by atoms with Crippen LogP contribution in [0.2, 0.25) is 0 Å². The minimum Gasteiger partial charge on any atom is -0.369 e. The van der Waals surface area contributed by atoms with E-state index in [4.69, 9.17) is 0 Å². The van der Waals surface area contributed by atoms with Crippen molar-refractivity contribution in [1.82, 2.24) is 28.8 Å². The molecule has 10 heteroatoms. The van der Waals surface area contributed by atoms with E-state index in [0.717, 1.165) is 37.7 Å². The summed E-state index contributed by atoms with van der Waals surface area (Å²) in [6.45, 7) is 9.59. The number of rotatable bonds is 6. The monoisotopic (exact) mass is 367 g/mol. The SMILES string of the molecule is Cc1cc(NCCN2CCN(S(=O)(=O)C(C)C)CC2)n2ncnc2n1. The number of aromatic nitrogens is 4. The molecule has 1 fully saturated rings. The fourth-order valence-corrected chi connectivity index (χ4v) is 4.17. The first kappa shape index (κ1) is 18.0. The van der Waals surface area contributed by atoms with Crippen molar-refractivity contribution in [2.24, 2.45) is 0 Å². The molecule has 1 aliphatic heterocycles. The van der Waals surface area contributed by atoms with Crippen molar-refractivity contribution in [3.8, 4) is 0 Å². The van der Waals surface area contributed by atoms with Gasteiger partial charge in [0.2, 0.25) is 10.0 Å². The van der Waals surface area contributed by atoms with Gasteiger partial charge < -0.3 is 5.32 Å². The Kier molecular flexibility index (Phi) is 5.21. The Labute approximate surface area is 148 Å². The Balaban J connectivity index is 1.51. The van der Waals surface area contributed by atoms with Crippen molar-refractivity contribution in [3.63, 3.8) is 0 Å². The molecule has 0 saturated carbocycles. The van der Waals surface area contributed by atoms with Gasteiger partial charge in [0.1, 0.15) is 12.1 Å². The number of nitrogens with one attached hydrogen (secondary N) is 1. The van der Waals surface area contributed by atoms with E-state index in [1.54, 1.807) is 22.7 Å². The van der Waals surface area contributed by atoms with Crippen LogP contribution in [-0.4, -0.2) is 81.7 Å². The molecule has 1 aliphatic rings. The van der Waals surface area contributed by atoms with Crippen molar-refractivity contribution in [2.75, 3.05) is 44.6 Å². The topological polar surface area (TPSA) is 95.7 Å². The van der Waals surface area contributed by atoms with E-state index in [1.807, 2.05) is 13.0 Å². The normalized spacial score (nSPS) is 17.4. The van der Waals surface area contributed by atoms with Crippen LogP contribution in [0, 0.1) is 6.92 Å². The van der Waals surface area contributed by atoms with Gasteiger partial charge in [-0.05, 0) is 20.8 Å². The first-order valence-electron chi connectivity index (χ1n) is 8.50. The first-order chi connectivity index (χ1) is 11.9. The van der Waals surface area contributed by atoms with Crippen LogP contribution in [0.15, 0.2) is 12.4 Å². The lowest BCUT2D eigenvalue weighted by Crippen LogP contribution is -2.51. The van der Waals surface area contributed by atoms with E-state index in [-0.39, 0.29) is 5.25 Å². The Morgan fingerprint density at radius 2 is 1.96 bits per heavy atom. The molecule has 0 aliphatic carbocycles. The average Bonchev–Trinajstić information content (AvgIpc) is 3.03. The smallest absolute Gasteiger partial charge is 0.254 e. The number of anilines is 1. The lowest BCUT2D eigenvalue weighted by atomic mass is 10.3. The highest BCUT2D eigenvalue weighted by Crippen LogP contribution is 2.13. The van der Waals surface area contributed by atoms with Crippen LogP contribution in [0.5, 0.6) is 0 Å². The molecule has 0 spiro atoms. The van der Waals surface area contributed by atoms with E-state index in [9.17, 15) is 8.42 Å². The third-order valence-electron chi connectivity index (χ3n) is 4.40. The maximum atomic E-state index is 12.2. The van der Waals surface area contributed by atoms with Crippen LogP contribution in [0.3, 0.4) is 0 Å². The number of nitrogens with zero attached hydrogens (tertiary/aromatic N) is 6. The van der Waals surface area contributed by atoms with E-state index in [0.29, 0.717) is 18.9 Å². The van der Waals surface area contributed by atoms with Crippen LogP contribution in [0.25, 0.3) is 5.78 Å². The van der Waals surface area contributed by atoms with Crippen molar-refractivity contribution in [2.45, 2.75) is 26.0 Å². The molecular formula is C15H25N7O2S. The molecule has 3 rings (SSSR count). The van der Waals surface area contributed by atoms with Gasteiger partial charge in [-0.1, -0.05) is 0 Å². The molecule has 2 aromatic rings. The number of hydrogen-bond acceptors (Lipinski definition) is 7. The van der Waals surface area contributed by atoms with E-state index in [1.165, 1.54) is 6.33 Å². The van der Waals surface area contributed by atoms with E-state index < -0.39 is 10.0 Å². The highest BCUT2D eigenvalue weighted by molar-refractivity contribution is 7.89. The Hall–Kier alpha value is -1.78. The lowest BCUT2D eigenvalue weighted by molar-refractivity contribution is 0.193. The Bertz CT molecular complexity index is 826. The number of fused-ring (bicyclic) bond motifs is 1. The summed E-state index contributed by atoms with van der Waals surface area (Å²) in [5.41, 5.74) is 0.885. The second-order valence-corrected chi connectivity index (χ2v) is 9.00. The second-order valence-electron chi connectivity index (χ2n) is 6.52. The molecule has 138 valence electrons. The van der Waals surface area contributed by atoms with Gasteiger partial charge in [-0.15, -0.1) is 0 Å². The van der Waals surface area contributed by atoms with Gasteiger partial charge >= 0.3 is 0 Å². The largest absolute Gasteiger partial charge is 0.369 e. The maximum absolute atomic E-state index is 12.2. The molecule has 0 atom stereocenters. The first-order valence-corrected chi connectivity index (χ1v) is 10.0. The van der Waals surface area contributed by atoms with Crippen molar-refractivity contribution in [3.05, 3.63) is 18.1 Å². The molecule has 1 saturated heterocycles. The molecule has 25 heavy (non-hydrogen) atoms. The number of sulfonamides is 1. The highest BCUT2D eigenvalue weighted by atomic mass is 32.2. The molecule has 9 nitrogen and oxygen atoms in total. The molecule has 1 N–H and O–H groups in total. The predicted molar refractivity (Wildman–Crippen MR) is 96.1 cm³/mol. The van der Waals surface area contributed by atoms with Crippen LogP contribution in [0.1, 0.15) is 19.5 Å². The fraction of sp³-hybridized carbons (Fsp3) is 0.667. The third-order valence-corrected chi connectivity index (χ3v) is 6.68. The summed E-state index contributed by atoms with van der Waals surface area (Å²) in [7, 11) is -3.14. The van der Waals surface area contributed by atoms with Gasteiger partial charge in [-0.25, -0.2) is 13.4 Å².